The number of thiophene rings is 1. The number of pyridine rings is 1. The van der Waals surface area contributed by atoms with Crippen LogP contribution in [0.2, 0.25) is 0 Å². The highest BCUT2D eigenvalue weighted by atomic mass is 79.9. The Kier molecular flexibility index (Phi) is 3.55. The SMILES string of the molecule is N#Cc1c(NC(=O)c2ccc(Br)cn2)sc2c1CCC2. The van der Waals surface area contributed by atoms with Crippen molar-refractivity contribution in [1.82, 2.24) is 4.98 Å². The number of aromatic nitrogens is 1. The van der Waals surface area contributed by atoms with E-state index < -0.39 is 0 Å². The predicted molar refractivity (Wildman–Crippen MR) is 80.9 cm³/mol. The summed E-state index contributed by atoms with van der Waals surface area (Å²) in [5.74, 6) is -0.283. The highest BCUT2D eigenvalue weighted by Crippen LogP contribution is 2.38. The highest BCUT2D eigenvalue weighted by molar-refractivity contribution is 9.10. The summed E-state index contributed by atoms with van der Waals surface area (Å²) >= 11 is 4.79. The number of nitriles is 1. The first kappa shape index (κ1) is 13.3. The number of halogens is 1. The standard InChI is InChI=1S/C14H10BrN3OS/c15-8-4-5-11(17-7-8)13(19)18-14-10(6-16)9-2-1-3-12(9)20-14/h4-5,7H,1-3H2,(H,18,19). The van der Waals surface area contributed by atoms with Crippen LogP contribution in [0.15, 0.2) is 22.8 Å². The maximum absolute atomic E-state index is 12.1. The molecule has 2 heterocycles. The minimum absolute atomic E-state index is 0.283. The Hall–Kier alpha value is -1.71. The van der Waals surface area contributed by atoms with Gasteiger partial charge in [-0.1, -0.05) is 0 Å². The average Bonchev–Trinajstić information content (AvgIpc) is 2.99. The van der Waals surface area contributed by atoms with E-state index in [4.69, 9.17) is 0 Å². The molecule has 0 spiro atoms. The van der Waals surface area contributed by atoms with E-state index in [1.807, 2.05) is 0 Å². The van der Waals surface area contributed by atoms with Gasteiger partial charge in [0.25, 0.3) is 5.91 Å². The Balaban J connectivity index is 1.87. The van der Waals surface area contributed by atoms with Crippen molar-refractivity contribution < 1.29 is 4.79 Å². The number of rotatable bonds is 2. The zero-order valence-corrected chi connectivity index (χ0v) is 12.8. The van der Waals surface area contributed by atoms with E-state index in [1.54, 1.807) is 18.3 Å². The third kappa shape index (κ3) is 2.35. The first-order valence-corrected chi connectivity index (χ1v) is 7.77. The highest BCUT2D eigenvalue weighted by Gasteiger charge is 2.23. The Morgan fingerprint density at radius 3 is 3.00 bits per heavy atom. The second-order valence-corrected chi connectivity index (χ2v) is 6.51. The molecular formula is C14H10BrN3OS. The maximum Gasteiger partial charge on any atom is 0.274 e. The normalized spacial score (nSPS) is 12.8. The summed E-state index contributed by atoms with van der Waals surface area (Å²) in [5, 5.41) is 12.7. The predicted octanol–water partition coefficient (Wildman–Crippen LogP) is 3.52. The lowest BCUT2D eigenvalue weighted by atomic mass is 10.1. The average molecular weight is 348 g/mol. The van der Waals surface area contributed by atoms with Gasteiger partial charge in [-0.05, 0) is 52.9 Å². The monoisotopic (exact) mass is 347 g/mol. The molecule has 0 aliphatic heterocycles. The number of carbonyl (C=O) groups excluding carboxylic acids is 1. The van der Waals surface area contributed by atoms with Gasteiger partial charge in [-0.25, -0.2) is 4.98 Å². The van der Waals surface area contributed by atoms with Crippen LogP contribution in [0, 0.1) is 11.3 Å². The summed E-state index contributed by atoms with van der Waals surface area (Å²) < 4.78 is 0.821. The van der Waals surface area contributed by atoms with Crippen LogP contribution in [0.25, 0.3) is 0 Å². The molecule has 2 aromatic heterocycles. The van der Waals surface area contributed by atoms with E-state index in [0.717, 1.165) is 29.3 Å². The molecule has 3 rings (SSSR count). The number of carbonyl (C=O) groups is 1. The number of fused-ring (bicyclic) bond motifs is 1. The first-order valence-electron chi connectivity index (χ1n) is 6.16. The third-order valence-corrected chi connectivity index (χ3v) is 4.90. The maximum atomic E-state index is 12.1. The summed E-state index contributed by atoms with van der Waals surface area (Å²) in [6.45, 7) is 0. The second-order valence-electron chi connectivity index (χ2n) is 4.49. The number of amides is 1. The molecular weight excluding hydrogens is 338 g/mol. The van der Waals surface area contributed by atoms with Crippen molar-refractivity contribution in [3.8, 4) is 6.07 Å². The number of anilines is 1. The Bertz CT molecular complexity index is 715. The number of nitrogens with zero attached hydrogens (tertiary/aromatic N) is 2. The summed E-state index contributed by atoms with van der Waals surface area (Å²) in [7, 11) is 0. The van der Waals surface area contributed by atoms with E-state index >= 15 is 0 Å². The van der Waals surface area contributed by atoms with Gasteiger partial charge in [0, 0.05) is 15.5 Å². The van der Waals surface area contributed by atoms with E-state index in [2.05, 4.69) is 32.3 Å². The Morgan fingerprint density at radius 2 is 2.30 bits per heavy atom. The molecule has 100 valence electrons. The Labute approximate surface area is 128 Å². The molecule has 0 fully saturated rings. The molecule has 2 aromatic rings. The van der Waals surface area contributed by atoms with Crippen molar-refractivity contribution in [2.24, 2.45) is 0 Å². The quantitative estimate of drug-likeness (QED) is 0.903. The van der Waals surface area contributed by atoms with Gasteiger partial charge < -0.3 is 5.32 Å². The van der Waals surface area contributed by atoms with Gasteiger partial charge in [-0.3, -0.25) is 4.79 Å². The van der Waals surface area contributed by atoms with Gasteiger partial charge in [0.2, 0.25) is 0 Å². The van der Waals surface area contributed by atoms with Gasteiger partial charge in [-0.15, -0.1) is 11.3 Å². The summed E-state index contributed by atoms with van der Waals surface area (Å²) in [5.41, 5.74) is 2.06. The topological polar surface area (TPSA) is 65.8 Å². The van der Waals surface area contributed by atoms with Gasteiger partial charge >= 0.3 is 0 Å². The van der Waals surface area contributed by atoms with E-state index in [1.165, 1.54) is 16.2 Å². The van der Waals surface area contributed by atoms with E-state index in [9.17, 15) is 10.1 Å². The Morgan fingerprint density at radius 1 is 1.45 bits per heavy atom. The fourth-order valence-electron chi connectivity index (χ4n) is 2.29. The van der Waals surface area contributed by atoms with Crippen molar-refractivity contribution in [3.63, 3.8) is 0 Å². The molecule has 1 N–H and O–H groups in total. The van der Waals surface area contributed by atoms with Crippen LogP contribution in [0.4, 0.5) is 5.00 Å². The molecule has 0 unspecified atom stereocenters. The van der Waals surface area contributed by atoms with Crippen LogP contribution in [0.1, 0.15) is 32.9 Å². The van der Waals surface area contributed by atoms with Crippen LogP contribution in [-0.4, -0.2) is 10.9 Å². The lowest BCUT2D eigenvalue weighted by molar-refractivity contribution is 0.102. The number of hydrogen-bond donors (Lipinski definition) is 1. The molecule has 0 radical (unpaired) electrons. The first-order chi connectivity index (χ1) is 9.69. The minimum Gasteiger partial charge on any atom is -0.311 e. The van der Waals surface area contributed by atoms with Gasteiger partial charge in [0.15, 0.2) is 0 Å². The molecule has 0 bridgehead atoms. The molecule has 1 aliphatic rings. The van der Waals surface area contributed by atoms with Crippen molar-refractivity contribution in [2.75, 3.05) is 5.32 Å². The van der Waals surface area contributed by atoms with E-state index in [0.29, 0.717) is 16.3 Å². The van der Waals surface area contributed by atoms with Crippen LogP contribution in [-0.2, 0) is 12.8 Å². The van der Waals surface area contributed by atoms with Crippen molar-refractivity contribution in [2.45, 2.75) is 19.3 Å². The van der Waals surface area contributed by atoms with Crippen LogP contribution in [0.3, 0.4) is 0 Å². The fourth-order valence-corrected chi connectivity index (χ4v) is 3.76. The van der Waals surface area contributed by atoms with Gasteiger partial charge in [0.1, 0.15) is 16.8 Å². The van der Waals surface area contributed by atoms with Crippen molar-refractivity contribution >= 4 is 38.2 Å². The lowest BCUT2D eigenvalue weighted by Gasteiger charge is -2.03. The molecule has 6 heteroatoms. The van der Waals surface area contributed by atoms with Gasteiger partial charge in [-0.2, -0.15) is 5.26 Å². The number of hydrogen-bond acceptors (Lipinski definition) is 4. The largest absolute Gasteiger partial charge is 0.311 e. The van der Waals surface area contributed by atoms with E-state index in [-0.39, 0.29) is 5.91 Å². The summed E-state index contributed by atoms with van der Waals surface area (Å²) in [6, 6.07) is 5.62. The van der Waals surface area contributed by atoms with Crippen LogP contribution >= 0.6 is 27.3 Å². The molecule has 0 atom stereocenters. The summed E-state index contributed by atoms with van der Waals surface area (Å²) in [4.78, 5) is 17.4. The smallest absolute Gasteiger partial charge is 0.274 e. The van der Waals surface area contributed by atoms with Crippen LogP contribution < -0.4 is 5.32 Å². The summed E-state index contributed by atoms with van der Waals surface area (Å²) in [6.07, 6.45) is 4.61. The molecule has 0 aromatic carbocycles. The van der Waals surface area contributed by atoms with Crippen LogP contribution in [0.5, 0.6) is 0 Å². The third-order valence-electron chi connectivity index (χ3n) is 3.22. The molecule has 0 saturated heterocycles. The number of aryl methyl sites for hydroxylation is 1. The molecule has 1 amide bonds. The molecule has 0 saturated carbocycles. The second kappa shape index (κ2) is 5.35. The lowest BCUT2D eigenvalue weighted by Crippen LogP contribution is -2.13. The zero-order valence-electron chi connectivity index (χ0n) is 10.4. The molecule has 1 aliphatic carbocycles. The molecule has 4 nitrogen and oxygen atoms in total. The molecule has 20 heavy (non-hydrogen) atoms. The minimum atomic E-state index is -0.283. The van der Waals surface area contributed by atoms with Crippen molar-refractivity contribution in [1.29, 1.82) is 5.26 Å². The zero-order chi connectivity index (χ0) is 14.1. The van der Waals surface area contributed by atoms with Crippen molar-refractivity contribution in [3.05, 3.63) is 44.5 Å². The fraction of sp³-hybridized carbons (Fsp3) is 0.214. The van der Waals surface area contributed by atoms with Gasteiger partial charge in [0.05, 0.1) is 5.56 Å². The number of nitrogens with one attached hydrogen (secondary N) is 1.